The Balaban J connectivity index is 1.44. The van der Waals surface area contributed by atoms with Crippen molar-refractivity contribution in [3.05, 3.63) is 76.4 Å². The fourth-order valence-electron chi connectivity index (χ4n) is 3.62. The third-order valence-corrected chi connectivity index (χ3v) is 5.91. The number of nitrogens with one attached hydrogen (secondary N) is 2. The topological polar surface area (TPSA) is 76.0 Å². The highest BCUT2D eigenvalue weighted by atomic mass is 35.5. The number of rotatable bonds is 5. The number of amides is 2. The third kappa shape index (κ3) is 4.35. The van der Waals surface area contributed by atoms with Gasteiger partial charge in [-0.1, -0.05) is 47.5 Å². The predicted molar refractivity (Wildman–Crippen MR) is 117 cm³/mol. The molecule has 1 aliphatic rings. The standard InChI is InChI=1S/C22H20Cl2N4O2/c23-16-8-7-15(18(24)13-16)14-22(10-4-11-22)27-21(30)20(29)26-19-9-12-25-28(19)17-5-2-1-3-6-17/h1-3,5-9,12-13H,4,10-11,14H2,(H,26,29)(H,27,30). The van der Waals surface area contributed by atoms with Gasteiger partial charge in [0.05, 0.1) is 11.9 Å². The maximum Gasteiger partial charge on any atom is 0.314 e. The van der Waals surface area contributed by atoms with Gasteiger partial charge in [0, 0.05) is 21.7 Å². The highest BCUT2D eigenvalue weighted by molar-refractivity contribution is 6.39. The molecule has 154 valence electrons. The lowest BCUT2D eigenvalue weighted by Gasteiger charge is -2.42. The zero-order valence-corrected chi connectivity index (χ0v) is 17.6. The molecule has 6 nitrogen and oxygen atoms in total. The Hall–Kier alpha value is -2.83. The second kappa shape index (κ2) is 8.50. The number of hydrogen-bond donors (Lipinski definition) is 2. The average Bonchev–Trinajstić information content (AvgIpc) is 3.16. The molecule has 0 radical (unpaired) electrons. The Morgan fingerprint density at radius 1 is 1.03 bits per heavy atom. The first-order valence-corrected chi connectivity index (χ1v) is 10.4. The van der Waals surface area contributed by atoms with Gasteiger partial charge in [-0.3, -0.25) is 9.59 Å². The van der Waals surface area contributed by atoms with Crippen molar-refractivity contribution >= 4 is 40.8 Å². The minimum Gasteiger partial charge on any atom is -0.342 e. The Bertz CT molecular complexity index is 1080. The van der Waals surface area contributed by atoms with E-state index in [4.69, 9.17) is 23.2 Å². The van der Waals surface area contributed by atoms with E-state index in [1.807, 2.05) is 36.4 Å². The Morgan fingerprint density at radius 2 is 1.80 bits per heavy atom. The molecule has 0 aliphatic heterocycles. The van der Waals surface area contributed by atoms with Gasteiger partial charge in [-0.25, -0.2) is 4.68 Å². The van der Waals surface area contributed by atoms with Crippen LogP contribution >= 0.6 is 23.2 Å². The van der Waals surface area contributed by atoms with Gasteiger partial charge < -0.3 is 10.6 Å². The second-order valence-electron chi connectivity index (χ2n) is 7.42. The first kappa shape index (κ1) is 20.4. The Kier molecular flexibility index (Phi) is 5.79. The number of hydrogen-bond acceptors (Lipinski definition) is 3. The van der Waals surface area contributed by atoms with E-state index in [0.717, 1.165) is 30.5 Å². The summed E-state index contributed by atoms with van der Waals surface area (Å²) < 4.78 is 1.57. The lowest BCUT2D eigenvalue weighted by molar-refractivity contribution is -0.138. The number of anilines is 1. The van der Waals surface area contributed by atoms with Crippen LogP contribution in [0.3, 0.4) is 0 Å². The minimum atomic E-state index is -0.735. The molecule has 1 aromatic heterocycles. The van der Waals surface area contributed by atoms with Crippen molar-refractivity contribution < 1.29 is 9.59 Å². The summed E-state index contributed by atoms with van der Waals surface area (Å²) >= 11 is 12.3. The van der Waals surface area contributed by atoms with Crippen molar-refractivity contribution in [1.29, 1.82) is 0 Å². The molecule has 3 aromatic rings. The smallest absolute Gasteiger partial charge is 0.314 e. The molecular formula is C22H20Cl2N4O2. The van der Waals surface area contributed by atoms with Gasteiger partial charge >= 0.3 is 11.8 Å². The van der Waals surface area contributed by atoms with E-state index in [1.54, 1.807) is 29.1 Å². The van der Waals surface area contributed by atoms with E-state index >= 15 is 0 Å². The van der Waals surface area contributed by atoms with Crippen molar-refractivity contribution in [2.24, 2.45) is 0 Å². The quantitative estimate of drug-likeness (QED) is 0.574. The molecule has 1 aliphatic carbocycles. The van der Waals surface area contributed by atoms with E-state index in [1.165, 1.54) is 0 Å². The van der Waals surface area contributed by atoms with Crippen LogP contribution in [0.25, 0.3) is 5.69 Å². The predicted octanol–water partition coefficient (Wildman–Crippen LogP) is 4.40. The zero-order valence-electron chi connectivity index (χ0n) is 16.1. The van der Waals surface area contributed by atoms with Crippen LogP contribution in [-0.2, 0) is 16.0 Å². The summed E-state index contributed by atoms with van der Waals surface area (Å²) in [4.78, 5) is 25.2. The van der Waals surface area contributed by atoms with Crippen LogP contribution in [0.4, 0.5) is 5.82 Å². The van der Waals surface area contributed by atoms with E-state index in [0.29, 0.717) is 22.3 Å². The molecule has 0 unspecified atom stereocenters. The van der Waals surface area contributed by atoms with Crippen molar-refractivity contribution in [1.82, 2.24) is 15.1 Å². The first-order valence-electron chi connectivity index (χ1n) is 9.63. The van der Waals surface area contributed by atoms with Gasteiger partial charge in [0.25, 0.3) is 0 Å². The third-order valence-electron chi connectivity index (χ3n) is 5.32. The van der Waals surface area contributed by atoms with Crippen LogP contribution in [-0.4, -0.2) is 27.1 Å². The lowest BCUT2D eigenvalue weighted by Crippen LogP contribution is -2.57. The molecule has 0 saturated heterocycles. The van der Waals surface area contributed by atoms with Gasteiger partial charge in [-0.2, -0.15) is 5.10 Å². The number of benzene rings is 2. The Morgan fingerprint density at radius 3 is 2.47 bits per heavy atom. The monoisotopic (exact) mass is 442 g/mol. The van der Waals surface area contributed by atoms with Gasteiger partial charge in [0.15, 0.2) is 0 Å². The second-order valence-corrected chi connectivity index (χ2v) is 8.26. The average molecular weight is 443 g/mol. The van der Waals surface area contributed by atoms with Crippen molar-refractivity contribution in [2.45, 2.75) is 31.2 Å². The number of aromatic nitrogens is 2. The lowest BCUT2D eigenvalue weighted by atomic mass is 9.72. The molecule has 4 rings (SSSR count). The summed E-state index contributed by atoms with van der Waals surface area (Å²) in [7, 11) is 0. The molecule has 1 fully saturated rings. The number of halogens is 2. The largest absolute Gasteiger partial charge is 0.342 e. The highest BCUT2D eigenvalue weighted by Gasteiger charge is 2.40. The number of nitrogens with zero attached hydrogens (tertiary/aromatic N) is 2. The summed E-state index contributed by atoms with van der Waals surface area (Å²) in [6.45, 7) is 0. The van der Waals surface area contributed by atoms with E-state index < -0.39 is 17.4 Å². The number of para-hydroxylation sites is 1. The van der Waals surface area contributed by atoms with Crippen LogP contribution in [0.1, 0.15) is 24.8 Å². The van der Waals surface area contributed by atoms with Crippen LogP contribution in [0.5, 0.6) is 0 Å². The van der Waals surface area contributed by atoms with E-state index in [-0.39, 0.29) is 0 Å². The van der Waals surface area contributed by atoms with Crippen molar-refractivity contribution in [2.75, 3.05) is 5.32 Å². The van der Waals surface area contributed by atoms with Crippen LogP contribution in [0.2, 0.25) is 10.0 Å². The molecule has 8 heteroatoms. The summed E-state index contributed by atoms with van der Waals surface area (Å²) in [5.41, 5.74) is 1.20. The van der Waals surface area contributed by atoms with Gasteiger partial charge in [0.1, 0.15) is 5.82 Å². The maximum absolute atomic E-state index is 12.6. The number of carbonyl (C=O) groups excluding carboxylic acids is 2. The summed E-state index contributed by atoms with van der Waals surface area (Å²) in [5.74, 6) is -0.994. The fourth-order valence-corrected chi connectivity index (χ4v) is 4.10. The molecule has 1 heterocycles. The van der Waals surface area contributed by atoms with Gasteiger partial charge in [-0.15, -0.1) is 0 Å². The molecule has 1 saturated carbocycles. The van der Waals surface area contributed by atoms with E-state index in [9.17, 15) is 9.59 Å². The van der Waals surface area contributed by atoms with Crippen LogP contribution in [0.15, 0.2) is 60.8 Å². The normalized spacial score (nSPS) is 14.6. The molecule has 0 atom stereocenters. The molecular weight excluding hydrogens is 423 g/mol. The first-order chi connectivity index (χ1) is 14.5. The summed E-state index contributed by atoms with van der Waals surface area (Å²) in [6, 6.07) is 16.3. The molecule has 30 heavy (non-hydrogen) atoms. The molecule has 2 amide bonds. The SMILES string of the molecule is O=C(Nc1ccnn1-c1ccccc1)C(=O)NC1(Cc2ccc(Cl)cc2Cl)CCC1. The molecule has 0 bridgehead atoms. The molecule has 0 spiro atoms. The zero-order chi connectivity index (χ0) is 21.1. The summed E-state index contributed by atoms with van der Waals surface area (Å²) in [5, 5.41) is 10.9. The molecule has 2 aromatic carbocycles. The van der Waals surface area contributed by atoms with Gasteiger partial charge in [-0.05, 0) is 55.5 Å². The highest BCUT2D eigenvalue weighted by Crippen LogP contribution is 2.37. The fraction of sp³-hybridized carbons (Fsp3) is 0.227. The van der Waals surface area contributed by atoms with Crippen molar-refractivity contribution in [3.8, 4) is 5.69 Å². The minimum absolute atomic E-state index is 0.421. The van der Waals surface area contributed by atoms with Crippen LogP contribution in [0, 0.1) is 0 Å². The Labute approximate surface area is 184 Å². The summed E-state index contributed by atoms with van der Waals surface area (Å²) in [6.07, 6.45) is 4.66. The molecule has 2 N–H and O–H groups in total. The maximum atomic E-state index is 12.6. The number of carbonyl (C=O) groups is 2. The van der Waals surface area contributed by atoms with E-state index in [2.05, 4.69) is 15.7 Å². The van der Waals surface area contributed by atoms with Crippen molar-refractivity contribution in [3.63, 3.8) is 0 Å². The van der Waals surface area contributed by atoms with Crippen LogP contribution < -0.4 is 10.6 Å². The van der Waals surface area contributed by atoms with Gasteiger partial charge in [0.2, 0.25) is 0 Å².